The summed E-state index contributed by atoms with van der Waals surface area (Å²) in [4.78, 5) is 24.5. The van der Waals surface area contributed by atoms with Gasteiger partial charge in [0.15, 0.2) is 0 Å². The van der Waals surface area contributed by atoms with Crippen molar-refractivity contribution in [2.75, 3.05) is 6.54 Å². The number of nitrogens with one attached hydrogen (secondary N) is 1. The molecular formula is C12H22N2O3. The summed E-state index contributed by atoms with van der Waals surface area (Å²) in [6.45, 7) is 6.55. The number of carboxylic acids is 1. The number of urea groups is 1. The lowest BCUT2D eigenvalue weighted by Crippen LogP contribution is -2.53. The molecule has 0 spiro atoms. The third kappa shape index (κ3) is 3.11. The molecule has 98 valence electrons. The quantitative estimate of drug-likeness (QED) is 0.790. The van der Waals surface area contributed by atoms with Gasteiger partial charge in [-0.05, 0) is 32.6 Å². The van der Waals surface area contributed by atoms with E-state index in [4.69, 9.17) is 5.11 Å². The summed E-state index contributed by atoms with van der Waals surface area (Å²) in [5.41, 5.74) is -0.247. The van der Waals surface area contributed by atoms with Crippen molar-refractivity contribution in [2.24, 2.45) is 0 Å². The first-order chi connectivity index (χ1) is 7.93. The molecule has 5 heteroatoms. The van der Waals surface area contributed by atoms with E-state index in [2.05, 4.69) is 5.32 Å². The van der Waals surface area contributed by atoms with Crippen molar-refractivity contribution >= 4 is 12.0 Å². The van der Waals surface area contributed by atoms with E-state index in [1.165, 1.54) is 4.90 Å². The standard InChI is InChI=1S/C12H22N2O3/c1-4-12(3,5-2)13-11(17)14-8-6-7-9(14)10(15)16/h9H,4-8H2,1-3H3,(H,13,17)(H,15,16)/t9-/m0/s1. The van der Waals surface area contributed by atoms with Crippen molar-refractivity contribution in [3.05, 3.63) is 0 Å². The zero-order valence-electron chi connectivity index (χ0n) is 10.8. The minimum absolute atomic E-state index is 0.247. The molecule has 2 N–H and O–H groups in total. The van der Waals surface area contributed by atoms with Crippen LogP contribution in [0.3, 0.4) is 0 Å². The number of hydrogen-bond acceptors (Lipinski definition) is 2. The molecular weight excluding hydrogens is 220 g/mol. The average Bonchev–Trinajstić information content (AvgIpc) is 2.77. The second-order valence-electron chi connectivity index (χ2n) is 4.89. The highest BCUT2D eigenvalue weighted by molar-refractivity contribution is 5.83. The van der Waals surface area contributed by atoms with Crippen molar-refractivity contribution in [3.63, 3.8) is 0 Å². The zero-order valence-corrected chi connectivity index (χ0v) is 10.8. The Morgan fingerprint density at radius 2 is 2.00 bits per heavy atom. The molecule has 0 bridgehead atoms. The molecule has 1 atom stereocenters. The maximum absolute atomic E-state index is 12.0. The number of carbonyl (C=O) groups is 2. The van der Waals surface area contributed by atoms with Gasteiger partial charge in [-0.25, -0.2) is 9.59 Å². The number of nitrogens with zero attached hydrogens (tertiary/aromatic N) is 1. The van der Waals surface area contributed by atoms with E-state index in [1.54, 1.807) is 0 Å². The lowest BCUT2D eigenvalue weighted by molar-refractivity contribution is -0.141. The lowest BCUT2D eigenvalue weighted by Gasteiger charge is -2.32. The van der Waals surface area contributed by atoms with Gasteiger partial charge >= 0.3 is 12.0 Å². The molecule has 0 saturated carbocycles. The van der Waals surface area contributed by atoms with Crippen molar-refractivity contribution < 1.29 is 14.7 Å². The molecule has 1 saturated heterocycles. The Labute approximate surface area is 102 Å². The number of carbonyl (C=O) groups excluding carboxylic acids is 1. The first-order valence-electron chi connectivity index (χ1n) is 6.25. The van der Waals surface area contributed by atoms with Crippen molar-refractivity contribution in [2.45, 2.75) is 58.0 Å². The van der Waals surface area contributed by atoms with Crippen LogP contribution in [0.15, 0.2) is 0 Å². The fourth-order valence-electron chi connectivity index (χ4n) is 2.02. The number of hydrogen-bond donors (Lipinski definition) is 2. The highest BCUT2D eigenvalue weighted by Crippen LogP contribution is 2.20. The van der Waals surface area contributed by atoms with E-state index in [0.717, 1.165) is 19.3 Å². The molecule has 0 radical (unpaired) electrons. The van der Waals surface area contributed by atoms with Gasteiger partial charge < -0.3 is 15.3 Å². The van der Waals surface area contributed by atoms with Crippen LogP contribution in [0, 0.1) is 0 Å². The summed E-state index contributed by atoms with van der Waals surface area (Å²) in [5, 5.41) is 12.0. The monoisotopic (exact) mass is 242 g/mol. The van der Waals surface area contributed by atoms with Crippen LogP contribution in [-0.2, 0) is 4.79 Å². The van der Waals surface area contributed by atoms with Gasteiger partial charge in [0.05, 0.1) is 0 Å². The molecule has 17 heavy (non-hydrogen) atoms. The summed E-state index contributed by atoms with van der Waals surface area (Å²) >= 11 is 0. The van der Waals surface area contributed by atoms with E-state index in [0.29, 0.717) is 13.0 Å². The van der Waals surface area contributed by atoms with Crippen molar-refractivity contribution in [3.8, 4) is 0 Å². The summed E-state index contributed by atoms with van der Waals surface area (Å²) < 4.78 is 0. The molecule has 0 aromatic carbocycles. The van der Waals surface area contributed by atoms with E-state index in [-0.39, 0.29) is 11.6 Å². The third-order valence-corrected chi connectivity index (χ3v) is 3.77. The van der Waals surface area contributed by atoms with Gasteiger partial charge in [0, 0.05) is 12.1 Å². The molecule has 1 aliphatic rings. The fourth-order valence-corrected chi connectivity index (χ4v) is 2.02. The highest BCUT2D eigenvalue weighted by Gasteiger charge is 2.36. The largest absolute Gasteiger partial charge is 0.480 e. The van der Waals surface area contributed by atoms with E-state index < -0.39 is 12.0 Å². The Kier molecular flexibility index (Phi) is 4.37. The average molecular weight is 242 g/mol. The number of amides is 2. The Hall–Kier alpha value is -1.26. The second-order valence-corrected chi connectivity index (χ2v) is 4.89. The number of rotatable bonds is 4. The summed E-state index contributed by atoms with van der Waals surface area (Å²) in [6.07, 6.45) is 2.98. The molecule has 1 rings (SSSR count). The summed E-state index contributed by atoms with van der Waals surface area (Å²) in [5.74, 6) is -0.910. The topological polar surface area (TPSA) is 69.6 Å². The maximum atomic E-state index is 12.0. The fraction of sp³-hybridized carbons (Fsp3) is 0.833. The molecule has 2 amide bonds. The third-order valence-electron chi connectivity index (χ3n) is 3.77. The van der Waals surface area contributed by atoms with Gasteiger partial charge in [-0.2, -0.15) is 0 Å². The van der Waals surface area contributed by atoms with E-state index in [9.17, 15) is 9.59 Å². The zero-order chi connectivity index (χ0) is 13.1. The Bertz CT molecular complexity index is 300. The summed E-state index contributed by atoms with van der Waals surface area (Å²) in [6, 6.07) is -0.908. The first kappa shape index (κ1) is 13.8. The first-order valence-corrected chi connectivity index (χ1v) is 6.25. The van der Waals surface area contributed by atoms with Crippen LogP contribution < -0.4 is 5.32 Å². The van der Waals surface area contributed by atoms with Crippen LogP contribution >= 0.6 is 0 Å². The predicted molar refractivity (Wildman–Crippen MR) is 64.9 cm³/mol. The SMILES string of the molecule is CCC(C)(CC)NC(=O)N1CCC[C@H]1C(=O)O. The minimum Gasteiger partial charge on any atom is -0.480 e. The predicted octanol–water partition coefficient (Wildman–Crippen LogP) is 1.82. The van der Waals surface area contributed by atoms with Crippen LogP contribution in [0.2, 0.25) is 0 Å². The normalized spacial score (nSPS) is 20.4. The van der Waals surface area contributed by atoms with Crippen LogP contribution in [0.25, 0.3) is 0 Å². The van der Waals surface area contributed by atoms with Gasteiger partial charge in [0.2, 0.25) is 0 Å². The molecule has 1 aliphatic heterocycles. The van der Waals surface area contributed by atoms with Crippen LogP contribution in [-0.4, -0.2) is 40.1 Å². The maximum Gasteiger partial charge on any atom is 0.326 e. The lowest BCUT2D eigenvalue weighted by atomic mass is 9.96. The van der Waals surface area contributed by atoms with Gasteiger partial charge in [-0.15, -0.1) is 0 Å². The second kappa shape index (κ2) is 5.38. The van der Waals surface area contributed by atoms with E-state index in [1.807, 2.05) is 20.8 Å². The summed E-state index contributed by atoms with van der Waals surface area (Å²) in [7, 11) is 0. The Morgan fingerprint density at radius 3 is 2.47 bits per heavy atom. The van der Waals surface area contributed by atoms with Gasteiger partial charge in [0.25, 0.3) is 0 Å². The molecule has 5 nitrogen and oxygen atoms in total. The van der Waals surface area contributed by atoms with Gasteiger partial charge in [0.1, 0.15) is 6.04 Å². The van der Waals surface area contributed by atoms with Crippen molar-refractivity contribution in [1.82, 2.24) is 10.2 Å². The number of aliphatic carboxylic acids is 1. The van der Waals surface area contributed by atoms with E-state index >= 15 is 0 Å². The molecule has 0 unspecified atom stereocenters. The van der Waals surface area contributed by atoms with Gasteiger partial charge in [-0.3, -0.25) is 0 Å². The van der Waals surface area contributed by atoms with Crippen molar-refractivity contribution in [1.29, 1.82) is 0 Å². The van der Waals surface area contributed by atoms with Crippen LogP contribution in [0.5, 0.6) is 0 Å². The molecule has 0 aliphatic carbocycles. The van der Waals surface area contributed by atoms with Crippen LogP contribution in [0.1, 0.15) is 46.5 Å². The highest BCUT2D eigenvalue weighted by atomic mass is 16.4. The molecule has 0 aromatic rings. The van der Waals surface area contributed by atoms with Gasteiger partial charge in [-0.1, -0.05) is 13.8 Å². The molecule has 1 heterocycles. The molecule has 1 fully saturated rings. The van der Waals surface area contributed by atoms with Crippen LogP contribution in [0.4, 0.5) is 4.79 Å². The Balaban J connectivity index is 2.67. The minimum atomic E-state index is -0.910. The molecule has 0 aromatic heterocycles. The smallest absolute Gasteiger partial charge is 0.326 e. The number of carboxylic acid groups (broad SMARTS) is 1. The number of likely N-dealkylation sites (tertiary alicyclic amines) is 1. The Morgan fingerprint density at radius 1 is 1.41 bits per heavy atom.